The summed E-state index contributed by atoms with van der Waals surface area (Å²) in [4.78, 5) is 35.5. The number of benzene rings is 1. The normalized spacial score (nSPS) is 26.0. The van der Waals surface area contributed by atoms with Gasteiger partial charge in [0, 0.05) is 5.70 Å². The first-order chi connectivity index (χ1) is 11.9. The number of nitrogens with one attached hydrogen (secondary N) is 2. The van der Waals surface area contributed by atoms with E-state index in [0.29, 0.717) is 24.1 Å². The predicted molar refractivity (Wildman–Crippen MR) is 84.9 cm³/mol. The largest absolute Gasteiger partial charge is 0.378 e. The van der Waals surface area contributed by atoms with Crippen molar-refractivity contribution < 1.29 is 23.2 Å². The van der Waals surface area contributed by atoms with Gasteiger partial charge in [-0.2, -0.15) is 8.78 Å². The van der Waals surface area contributed by atoms with E-state index in [2.05, 4.69) is 10.6 Å². The molecule has 1 fully saturated rings. The fraction of sp³-hybridized carbons (Fsp3) is 0.278. The molecule has 4 rings (SSSR count). The summed E-state index contributed by atoms with van der Waals surface area (Å²) in [6.45, 7) is 0. The standard InChI is InChI=1S/C18H14F2N2O3/c19-18(20)10-8-9(4-6-11(10)22-17(18)25)5-7-13-16(24)15-12(21-13)2-1-3-14(15)23/h1-4,6,8,13,15,21H,5,7H2,(H,22,25). The van der Waals surface area contributed by atoms with E-state index >= 15 is 0 Å². The number of alkyl halides is 2. The molecule has 1 saturated heterocycles. The molecule has 0 spiro atoms. The van der Waals surface area contributed by atoms with Crippen molar-refractivity contribution in [3.8, 4) is 0 Å². The lowest BCUT2D eigenvalue weighted by atomic mass is 9.91. The molecule has 2 heterocycles. The fourth-order valence-corrected chi connectivity index (χ4v) is 3.45. The van der Waals surface area contributed by atoms with Crippen molar-refractivity contribution in [1.29, 1.82) is 0 Å². The number of aryl methyl sites for hydroxylation is 1. The van der Waals surface area contributed by atoms with Crippen LogP contribution in [0, 0.1) is 5.92 Å². The molecular formula is C18H14F2N2O3. The van der Waals surface area contributed by atoms with Gasteiger partial charge in [0.1, 0.15) is 5.92 Å². The zero-order chi connectivity index (χ0) is 17.8. The van der Waals surface area contributed by atoms with Crippen LogP contribution in [0.3, 0.4) is 0 Å². The van der Waals surface area contributed by atoms with E-state index in [9.17, 15) is 23.2 Å². The number of hydrogen-bond acceptors (Lipinski definition) is 4. The van der Waals surface area contributed by atoms with E-state index in [1.54, 1.807) is 18.2 Å². The van der Waals surface area contributed by atoms with Crippen molar-refractivity contribution >= 4 is 23.2 Å². The molecule has 1 aliphatic carbocycles. The highest BCUT2D eigenvalue weighted by Gasteiger charge is 2.48. The summed E-state index contributed by atoms with van der Waals surface area (Å²) in [7, 11) is 0. The number of fused-ring (bicyclic) bond motifs is 2. The first kappa shape index (κ1) is 15.7. The Morgan fingerprint density at radius 3 is 2.72 bits per heavy atom. The number of carbonyl (C=O) groups excluding carboxylic acids is 3. The molecule has 3 aliphatic rings. The Morgan fingerprint density at radius 1 is 1.16 bits per heavy atom. The number of rotatable bonds is 3. The first-order valence-corrected chi connectivity index (χ1v) is 7.93. The van der Waals surface area contributed by atoms with Crippen molar-refractivity contribution in [1.82, 2.24) is 5.32 Å². The Hall–Kier alpha value is -2.83. The minimum atomic E-state index is -3.54. The maximum absolute atomic E-state index is 13.8. The van der Waals surface area contributed by atoms with Crippen LogP contribution in [-0.2, 0) is 26.7 Å². The summed E-state index contributed by atoms with van der Waals surface area (Å²) >= 11 is 0. The first-order valence-electron chi connectivity index (χ1n) is 7.93. The second kappa shape index (κ2) is 5.34. The third-order valence-electron chi connectivity index (χ3n) is 4.78. The summed E-state index contributed by atoms with van der Waals surface area (Å²) < 4.78 is 27.7. The van der Waals surface area contributed by atoms with Gasteiger partial charge >= 0.3 is 5.92 Å². The molecule has 0 bridgehead atoms. The van der Waals surface area contributed by atoms with Crippen LogP contribution in [0.5, 0.6) is 0 Å². The topological polar surface area (TPSA) is 75.3 Å². The van der Waals surface area contributed by atoms with Crippen LogP contribution in [0.15, 0.2) is 42.1 Å². The van der Waals surface area contributed by atoms with Crippen molar-refractivity contribution in [3.63, 3.8) is 0 Å². The number of hydrogen-bond donors (Lipinski definition) is 2. The Morgan fingerprint density at radius 2 is 1.96 bits per heavy atom. The Labute approximate surface area is 141 Å². The molecule has 1 amide bonds. The van der Waals surface area contributed by atoms with Crippen LogP contribution in [0.2, 0.25) is 0 Å². The lowest BCUT2D eigenvalue weighted by Gasteiger charge is -2.11. The minimum Gasteiger partial charge on any atom is -0.378 e. The number of halogens is 2. The Kier molecular flexibility index (Phi) is 3.35. The number of anilines is 1. The third kappa shape index (κ3) is 2.38. The van der Waals surface area contributed by atoms with Crippen LogP contribution in [0.1, 0.15) is 17.5 Å². The average Bonchev–Trinajstić information content (AvgIpc) is 3.01. The van der Waals surface area contributed by atoms with Gasteiger partial charge < -0.3 is 10.6 Å². The van der Waals surface area contributed by atoms with Crippen LogP contribution in [0.4, 0.5) is 14.5 Å². The van der Waals surface area contributed by atoms with Gasteiger partial charge in [0.2, 0.25) is 0 Å². The van der Waals surface area contributed by atoms with E-state index in [-0.39, 0.29) is 22.8 Å². The summed E-state index contributed by atoms with van der Waals surface area (Å²) in [5.41, 5.74) is 0.980. The van der Waals surface area contributed by atoms with E-state index < -0.39 is 23.8 Å². The molecule has 1 aromatic rings. The fourth-order valence-electron chi connectivity index (χ4n) is 3.45. The lowest BCUT2D eigenvalue weighted by molar-refractivity contribution is -0.139. The molecule has 0 radical (unpaired) electrons. The second-order valence-electron chi connectivity index (χ2n) is 6.36. The quantitative estimate of drug-likeness (QED) is 0.821. The second-order valence-corrected chi connectivity index (χ2v) is 6.36. The molecule has 2 N–H and O–H groups in total. The molecule has 128 valence electrons. The highest BCUT2D eigenvalue weighted by Crippen LogP contribution is 2.40. The number of amides is 1. The van der Waals surface area contributed by atoms with Gasteiger partial charge in [-0.25, -0.2) is 0 Å². The summed E-state index contributed by atoms with van der Waals surface area (Å²) in [5.74, 6) is -6.05. The Balaban J connectivity index is 1.49. The number of carbonyl (C=O) groups is 3. The van der Waals surface area contributed by atoms with Gasteiger partial charge in [-0.05, 0) is 42.7 Å². The molecule has 25 heavy (non-hydrogen) atoms. The molecule has 2 unspecified atom stereocenters. The van der Waals surface area contributed by atoms with Crippen LogP contribution in [0.25, 0.3) is 0 Å². The van der Waals surface area contributed by atoms with Gasteiger partial charge in [-0.3, -0.25) is 14.4 Å². The SMILES string of the molecule is O=C1C=CC=C2NC(CCc3ccc4c(c3)C(F)(F)C(=O)N4)C(=O)C12. The lowest BCUT2D eigenvalue weighted by Crippen LogP contribution is -2.28. The van der Waals surface area contributed by atoms with Gasteiger partial charge in [0.15, 0.2) is 11.6 Å². The van der Waals surface area contributed by atoms with Crippen molar-refractivity contribution in [2.45, 2.75) is 24.8 Å². The molecule has 7 heteroatoms. The zero-order valence-corrected chi connectivity index (χ0v) is 13.0. The van der Waals surface area contributed by atoms with Crippen LogP contribution >= 0.6 is 0 Å². The van der Waals surface area contributed by atoms with Crippen molar-refractivity contribution in [3.05, 3.63) is 53.3 Å². The van der Waals surface area contributed by atoms with Gasteiger partial charge in [0.05, 0.1) is 17.3 Å². The predicted octanol–water partition coefficient (Wildman–Crippen LogP) is 1.84. The van der Waals surface area contributed by atoms with Gasteiger partial charge in [-0.15, -0.1) is 0 Å². The molecule has 0 aromatic heterocycles. The third-order valence-corrected chi connectivity index (χ3v) is 4.78. The summed E-state index contributed by atoms with van der Waals surface area (Å²) in [6.07, 6.45) is 5.44. The van der Waals surface area contributed by atoms with E-state index in [0.717, 1.165) is 0 Å². The molecule has 2 atom stereocenters. The average molecular weight is 344 g/mol. The Bertz CT molecular complexity index is 873. The maximum Gasteiger partial charge on any atom is 0.352 e. The van der Waals surface area contributed by atoms with Crippen molar-refractivity contribution in [2.24, 2.45) is 5.92 Å². The minimum absolute atomic E-state index is 0.113. The van der Waals surface area contributed by atoms with E-state index in [1.165, 1.54) is 18.2 Å². The van der Waals surface area contributed by atoms with E-state index in [1.807, 2.05) is 0 Å². The monoisotopic (exact) mass is 344 g/mol. The zero-order valence-electron chi connectivity index (χ0n) is 13.0. The van der Waals surface area contributed by atoms with Crippen LogP contribution in [-0.4, -0.2) is 23.5 Å². The highest BCUT2D eigenvalue weighted by molar-refractivity contribution is 6.14. The van der Waals surface area contributed by atoms with Crippen molar-refractivity contribution in [2.75, 3.05) is 5.32 Å². The molecule has 1 aromatic carbocycles. The summed E-state index contributed by atoms with van der Waals surface area (Å²) in [6, 6.07) is 3.88. The summed E-state index contributed by atoms with van der Waals surface area (Å²) in [5, 5.41) is 5.19. The molecular weight excluding hydrogens is 330 g/mol. The number of allylic oxidation sites excluding steroid dienone is 4. The highest BCUT2D eigenvalue weighted by atomic mass is 19.3. The molecule has 5 nitrogen and oxygen atoms in total. The van der Waals surface area contributed by atoms with Gasteiger partial charge in [-0.1, -0.05) is 12.1 Å². The van der Waals surface area contributed by atoms with Crippen LogP contribution < -0.4 is 10.6 Å². The molecule has 0 saturated carbocycles. The smallest absolute Gasteiger partial charge is 0.352 e. The number of Topliss-reactive ketones (excluding diaryl/α,β-unsaturated/α-hetero) is 1. The van der Waals surface area contributed by atoms with E-state index in [4.69, 9.17) is 0 Å². The molecule has 2 aliphatic heterocycles. The van der Waals surface area contributed by atoms with Gasteiger partial charge in [0.25, 0.3) is 5.91 Å². The maximum atomic E-state index is 13.8. The number of ketones is 2.